The van der Waals surface area contributed by atoms with Gasteiger partial charge < -0.3 is 0 Å². The van der Waals surface area contributed by atoms with Crippen LogP contribution >= 0.6 is 22.6 Å². The lowest BCUT2D eigenvalue weighted by molar-refractivity contribution is 1.06. The molecule has 2 rings (SSSR count). The van der Waals surface area contributed by atoms with E-state index in [1.807, 2.05) is 6.20 Å². The number of halogens is 1. The number of nitrogens with one attached hydrogen (secondary N) is 1. The number of rotatable bonds is 1. The molecule has 0 amide bonds. The summed E-state index contributed by atoms with van der Waals surface area (Å²) >= 11 is 2.29. The predicted octanol–water partition coefficient (Wildman–Crippen LogP) is 1.89. The van der Waals surface area contributed by atoms with E-state index in [1.54, 1.807) is 0 Å². The van der Waals surface area contributed by atoms with E-state index in [9.17, 15) is 0 Å². The third-order valence-electron chi connectivity index (χ3n) is 1.64. The summed E-state index contributed by atoms with van der Waals surface area (Å²) in [5.41, 5.74) is 1.41. The molecule has 1 fully saturated rings. The Morgan fingerprint density at radius 1 is 1.67 bits per heavy atom. The molecule has 0 radical (unpaired) electrons. The SMILES string of the molecule is Ic1[nH]ncc1C1CC1. The van der Waals surface area contributed by atoms with Gasteiger partial charge in [0.2, 0.25) is 0 Å². The van der Waals surface area contributed by atoms with Crippen molar-refractivity contribution < 1.29 is 0 Å². The number of H-pyrrole nitrogens is 1. The molecule has 0 spiro atoms. The molecule has 1 heterocycles. The number of nitrogens with zero attached hydrogens (tertiary/aromatic N) is 1. The molecule has 1 aromatic rings. The first-order valence-electron chi connectivity index (χ1n) is 3.06. The molecule has 0 aromatic carbocycles. The standard InChI is InChI=1S/C6H7IN2/c7-6-5(3-8-9-6)4-1-2-4/h3-4H,1-2H2,(H,8,9). The van der Waals surface area contributed by atoms with Crippen molar-refractivity contribution in [3.8, 4) is 0 Å². The zero-order valence-corrected chi connectivity index (χ0v) is 7.05. The first-order valence-corrected chi connectivity index (χ1v) is 4.14. The Morgan fingerprint density at radius 3 is 2.89 bits per heavy atom. The van der Waals surface area contributed by atoms with Gasteiger partial charge in [0.25, 0.3) is 0 Å². The highest BCUT2D eigenvalue weighted by atomic mass is 127. The second-order valence-corrected chi connectivity index (χ2v) is 3.49. The van der Waals surface area contributed by atoms with Crippen LogP contribution in [0.15, 0.2) is 6.20 Å². The van der Waals surface area contributed by atoms with E-state index in [0.717, 1.165) is 5.92 Å². The van der Waals surface area contributed by atoms with Gasteiger partial charge in [-0.05, 0) is 41.4 Å². The summed E-state index contributed by atoms with van der Waals surface area (Å²) in [6.07, 6.45) is 4.66. The summed E-state index contributed by atoms with van der Waals surface area (Å²) in [7, 11) is 0. The monoisotopic (exact) mass is 234 g/mol. The maximum absolute atomic E-state index is 3.95. The van der Waals surface area contributed by atoms with Gasteiger partial charge in [0.05, 0.1) is 9.90 Å². The summed E-state index contributed by atoms with van der Waals surface area (Å²) in [5, 5.41) is 6.88. The molecule has 0 bridgehead atoms. The lowest BCUT2D eigenvalue weighted by Gasteiger charge is -1.87. The molecule has 1 N–H and O–H groups in total. The van der Waals surface area contributed by atoms with E-state index < -0.39 is 0 Å². The number of hydrogen-bond acceptors (Lipinski definition) is 1. The van der Waals surface area contributed by atoms with Gasteiger partial charge in [0.15, 0.2) is 0 Å². The van der Waals surface area contributed by atoms with Crippen molar-refractivity contribution in [2.24, 2.45) is 0 Å². The van der Waals surface area contributed by atoms with Crippen LogP contribution in [0, 0.1) is 3.70 Å². The Balaban J connectivity index is 2.35. The van der Waals surface area contributed by atoms with Crippen molar-refractivity contribution in [1.29, 1.82) is 0 Å². The predicted molar refractivity (Wildman–Crippen MR) is 43.3 cm³/mol. The topological polar surface area (TPSA) is 28.7 Å². The van der Waals surface area contributed by atoms with Crippen molar-refractivity contribution in [2.45, 2.75) is 18.8 Å². The molecule has 9 heavy (non-hydrogen) atoms. The maximum atomic E-state index is 3.95. The first kappa shape index (κ1) is 5.70. The van der Waals surface area contributed by atoms with Gasteiger partial charge in [0, 0.05) is 5.56 Å². The van der Waals surface area contributed by atoms with E-state index in [4.69, 9.17) is 0 Å². The Hall–Kier alpha value is -0.0600. The third kappa shape index (κ3) is 0.976. The maximum Gasteiger partial charge on any atom is 0.0992 e. The van der Waals surface area contributed by atoms with Crippen molar-refractivity contribution >= 4 is 22.6 Å². The minimum Gasteiger partial charge on any atom is -0.272 e. The molecule has 1 aliphatic rings. The van der Waals surface area contributed by atoms with Crippen LogP contribution in [0.3, 0.4) is 0 Å². The third-order valence-corrected chi connectivity index (χ3v) is 2.50. The van der Waals surface area contributed by atoms with Gasteiger partial charge in [-0.2, -0.15) is 5.10 Å². The van der Waals surface area contributed by atoms with Crippen LogP contribution < -0.4 is 0 Å². The van der Waals surface area contributed by atoms with Crippen LogP contribution in [0.4, 0.5) is 0 Å². The minimum atomic E-state index is 0.829. The first-order chi connectivity index (χ1) is 4.38. The van der Waals surface area contributed by atoms with E-state index >= 15 is 0 Å². The molecule has 3 heteroatoms. The average molecular weight is 234 g/mol. The number of aromatic amines is 1. The van der Waals surface area contributed by atoms with Crippen molar-refractivity contribution in [1.82, 2.24) is 10.2 Å². The summed E-state index contributed by atoms with van der Waals surface area (Å²) in [4.78, 5) is 0. The van der Waals surface area contributed by atoms with Crippen LogP contribution in [0.2, 0.25) is 0 Å². The normalized spacial score (nSPS) is 18.3. The van der Waals surface area contributed by atoms with Crippen molar-refractivity contribution in [2.75, 3.05) is 0 Å². The van der Waals surface area contributed by atoms with E-state index in [2.05, 4.69) is 32.8 Å². The molecular weight excluding hydrogens is 227 g/mol. The second-order valence-electron chi connectivity index (χ2n) is 2.41. The fourth-order valence-electron chi connectivity index (χ4n) is 0.959. The molecule has 0 aliphatic heterocycles. The van der Waals surface area contributed by atoms with Crippen molar-refractivity contribution in [3.63, 3.8) is 0 Å². The van der Waals surface area contributed by atoms with Crippen LogP contribution in [0.25, 0.3) is 0 Å². The zero-order valence-electron chi connectivity index (χ0n) is 4.89. The molecule has 1 saturated carbocycles. The Morgan fingerprint density at radius 2 is 2.44 bits per heavy atom. The summed E-state index contributed by atoms with van der Waals surface area (Å²) in [6, 6.07) is 0. The molecule has 2 nitrogen and oxygen atoms in total. The molecule has 48 valence electrons. The van der Waals surface area contributed by atoms with Crippen molar-refractivity contribution in [3.05, 3.63) is 15.5 Å². The van der Waals surface area contributed by atoms with Gasteiger partial charge >= 0.3 is 0 Å². The summed E-state index contributed by atoms with van der Waals surface area (Å²) < 4.78 is 1.22. The van der Waals surface area contributed by atoms with E-state index in [-0.39, 0.29) is 0 Å². The van der Waals surface area contributed by atoms with Crippen LogP contribution in [-0.2, 0) is 0 Å². The fraction of sp³-hybridized carbons (Fsp3) is 0.500. The van der Waals surface area contributed by atoms with Crippen LogP contribution in [0.1, 0.15) is 24.3 Å². The molecule has 1 aromatic heterocycles. The largest absolute Gasteiger partial charge is 0.272 e. The molecule has 0 saturated heterocycles. The molecular formula is C6H7IN2. The van der Waals surface area contributed by atoms with Gasteiger partial charge in [0.1, 0.15) is 0 Å². The van der Waals surface area contributed by atoms with Crippen LogP contribution in [0.5, 0.6) is 0 Å². The lowest BCUT2D eigenvalue weighted by Crippen LogP contribution is -1.77. The Labute approximate surface area is 67.2 Å². The minimum absolute atomic E-state index is 0.829. The lowest BCUT2D eigenvalue weighted by atomic mass is 10.2. The van der Waals surface area contributed by atoms with Crippen LogP contribution in [-0.4, -0.2) is 10.2 Å². The highest BCUT2D eigenvalue weighted by molar-refractivity contribution is 14.1. The molecule has 0 unspecified atom stereocenters. The highest BCUT2D eigenvalue weighted by Gasteiger charge is 2.26. The summed E-state index contributed by atoms with van der Waals surface area (Å²) in [6.45, 7) is 0. The van der Waals surface area contributed by atoms with Gasteiger partial charge in [-0.1, -0.05) is 0 Å². The van der Waals surface area contributed by atoms with Gasteiger partial charge in [-0.3, -0.25) is 5.10 Å². The smallest absolute Gasteiger partial charge is 0.0992 e. The highest BCUT2D eigenvalue weighted by Crippen LogP contribution is 2.41. The summed E-state index contributed by atoms with van der Waals surface area (Å²) in [5.74, 6) is 0.829. The quantitative estimate of drug-likeness (QED) is 0.738. The number of hydrogen-bond donors (Lipinski definition) is 1. The van der Waals surface area contributed by atoms with E-state index in [0.29, 0.717) is 0 Å². The van der Waals surface area contributed by atoms with Gasteiger partial charge in [-0.25, -0.2) is 0 Å². The average Bonchev–Trinajstić information content (AvgIpc) is 2.58. The zero-order chi connectivity index (χ0) is 6.27. The fourth-order valence-corrected chi connectivity index (χ4v) is 1.68. The Kier molecular flexibility index (Phi) is 1.25. The molecule has 1 aliphatic carbocycles. The number of aromatic nitrogens is 2. The Bertz CT molecular complexity index is 215. The van der Waals surface area contributed by atoms with Gasteiger partial charge in [-0.15, -0.1) is 0 Å². The molecule has 0 atom stereocenters. The second kappa shape index (κ2) is 1.97. The van der Waals surface area contributed by atoms with E-state index in [1.165, 1.54) is 22.1 Å².